The van der Waals surface area contributed by atoms with Gasteiger partial charge in [-0.2, -0.15) is 0 Å². The van der Waals surface area contributed by atoms with E-state index in [1.54, 1.807) is 17.4 Å². The topological polar surface area (TPSA) is 62.7 Å². The minimum atomic E-state index is -0.437. The first-order valence-electron chi connectivity index (χ1n) is 9.94. The first kappa shape index (κ1) is 19.2. The summed E-state index contributed by atoms with van der Waals surface area (Å²) in [6.07, 6.45) is 2.14. The molecule has 2 atom stereocenters. The van der Waals surface area contributed by atoms with Gasteiger partial charge in [-0.05, 0) is 64.5 Å². The number of aryl methyl sites for hydroxylation is 1. The smallest absolute Gasteiger partial charge is 0.310 e. The summed E-state index contributed by atoms with van der Waals surface area (Å²) >= 11 is 1.60. The third-order valence-electron chi connectivity index (χ3n) is 5.70. The first-order chi connectivity index (χ1) is 13.2. The molecule has 1 saturated heterocycles. The molecule has 2 heterocycles. The number of thiazole rings is 1. The summed E-state index contributed by atoms with van der Waals surface area (Å²) in [6, 6.07) is 5.58. The van der Waals surface area contributed by atoms with E-state index in [9.17, 15) is 9.90 Å². The number of anilines is 1. The number of aromatic hydroxyl groups is 1. The average Bonchev–Trinajstić information content (AvgIpc) is 3.19. The second-order valence-electron chi connectivity index (χ2n) is 9.10. The second-order valence-corrected chi connectivity index (χ2v) is 9.93. The van der Waals surface area contributed by atoms with Crippen molar-refractivity contribution in [3.05, 3.63) is 29.1 Å². The number of hydrogen-bond donors (Lipinski definition) is 1. The Morgan fingerprint density at radius 3 is 2.57 bits per heavy atom. The molecular weight excluding hydrogens is 372 g/mol. The quantitative estimate of drug-likeness (QED) is 0.761. The van der Waals surface area contributed by atoms with Crippen LogP contribution in [0.4, 0.5) is 5.13 Å². The minimum absolute atomic E-state index is 0.00993. The standard InChI is InChI=1S/C22H28N2O3S/c1-13-5-8-18(25)16(9-13)17-12-28-21(23-17)24-10-14-6-7-15(11-24)19(14)20(26)27-22(2,3)4/h5,8-9,12,14-15,19,25H,6-7,10-11H2,1-4H3. The van der Waals surface area contributed by atoms with Gasteiger partial charge in [0.25, 0.3) is 0 Å². The van der Waals surface area contributed by atoms with Gasteiger partial charge in [0.05, 0.1) is 11.6 Å². The molecule has 2 aromatic rings. The van der Waals surface area contributed by atoms with Gasteiger partial charge in [-0.1, -0.05) is 11.6 Å². The van der Waals surface area contributed by atoms with Crippen LogP contribution in [0.2, 0.25) is 0 Å². The van der Waals surface area contributed by atoms with Crippen molar-refractivity contribution in [2.75, 3.05) is 18.0 Å². The van der Waals surface area contributed by atoms with E-state index in [4.69, 9.17) is 9.72 Å². The monoisotopic (exact) mass is 400 g/mol. The molecule has 2 fully saturated rings. The van der Waals surface area contributed by atoms with Crippen molar-refractivity contribution in [2.24, 2.45) is 17.8 Å². The number of phenolic OH excluding ortho intramolecular Hbond substituents is 1. The van der Waals surface area contributed by atoms with E-state index in [2.05, 4.69) is 4.90 Å². The summed E-state index contributed by atoms with van der Waals surface area (Å²) in [4.78, 5) is 19.8. The number of aromatic nitrogens is 1. The highest BCUT2D eigenvalue weighted by Gasteiger charge is 2.47. The van der Waals surface area contributed by atoms with Gasteiger partial charge >= 0.3 is 5.97 Å². The summed E-state index contributed by atoms with van der Waals surface area (Å²) in [5.74, 6) is 0.882. The number of fused-ring (bicyclic) bond motifs is 2. The molecule has 1 aliphatic carbocycles. The van der Waals surface area contributed by atoms with Crippen molar-refractivity contribution in [3.63, 3.8) is 0 Å². The lowest BCUT2D eigenvalue weighted by Crippen LogP contribution is -2.46. The molecule has 0 radical (unpaired) electrons. The van der Waals surface area contributed by atoms with E-state index in [1.807, 2.05) is 45.2 Å². The van der Waals surface area contributed by atoms with Gasteiger partial charge in [0.1, 0.15) is 11.4 Å². The Hall–Kier alpha value is -2.08. The fraction of sp³-hybridized carbons (Fsp3) is 0.545. The van der Waals surface area contributed by atoms with Crippen molar-refractivity contribution < 1.29 is 14.6 Å². The van der Waals surface area contributed by atoms with E-state index in [0.717, 1.165) is 47.9 Å². The van der Waals surface area contributed by atoms with Gasteiger partial charge < -0.3 is 14.7 Å². The fourth-order valence-corrected chi connectivity index (χ4v) is 5.37. The molecule has 2 aliphatic rings. The van der Waals surface area contributed by atoms with Crippen LogP contribution in [0.15, 0.2) is 23.6 Å². The lowest BCUT2D eigenvalue weighted by molar-refractivity contribution is -0.163. The van der Waals surface area contributed by atoms with Crippen LogP contribution in [0, 0.1) is 24.7 Å². The minimum Gasteiger partial charge on any atom is -0.507 e. The van der Waals surface area contributed by atoms with Crippen LogP contribution < -0.4 is 4.90 Å². The maximum absolute atomic E-state index is 12.7. The highest BCUT2D eigenvalue weighted by Crippen LogP contribution is 2.45. The number of ether oxygens (including phenoxy) is 1. The van der Waals surface area contributed by atoms with Crippen molar-refractivity contribution in [3.8, 4) is 17.0 Å². The number of benzene rings is 1. The van der Waals surface area contributed by atoms with Crippen LogP contribution in [0.1, 0.15) is 39.2 Å². The zero-order valence-electron chi connectivity index (χ0n) is 16.9. The zero-order valence-corrected chi connectivity index (χ0v) is 17.8. The van der Waals surface area contributed by atoms with Crippen molar-refractivity contribution >= 4 is 22.4 Å². The molecule has 1 aromatic heterocycles. The van der Waals surface area contributed by atoms with E-state index in [0.29, 0.717) is 11.8 Å². The van der Waals surface area contributed by atoms with Gasteiger partial charge in [-0.25, -0.2) is 4.98 Å². The first-order valence-corrected chi connectivity index (χ1v) is 10.8. The molecule has 1 aliphatic heterocycles. The fourth-order valence-electron chi connectivity index (χ4n) is 4.52. The largest absolute Gasteiger partial charge is 0.507 e. The summed E-state index contributed by atoms with van der Waals surface area (Å²) in [7, 11) is 0. The highest BCUT2D eigenvalue weighted by atomic mass is 32.1. The Bertz CT molecular complexity index is 872. The van der Waals surface area contributed by atoms with Gasteiger partial charge in [0, 0.05) is 24.0 Å². The van der Waals surface area contributed by atoms with Crippen molar-refractivity contribution in [1.82, 2.24) is 4.98 Å². The average molecular weight is 401 g/mol. The third-order valence-corrected chi connectivity index (χ3v) is 6.60. The number of nitrogens with zero attached hydrogens (tertiary/aromatic N) is 2. The molecule has 1 aromatic carbocycles. The van der Waals surface area contributed by atoms with Crippen LogP contribution >= 0.6 is 11.3 Å². The maximum atomic E-state index is 12.7. The Balaban J connectivity index is 1.51. The van der Waals surface area contributed by atoms with Crippen molar-refractivity contribution in [2.45, 2.75) is 46.1 Å². The summed E-state index contributed by atoms with van der Waals surface area (Å²) in [5, 5.41) is 13.2. The number of carbonyl (C=O) groups excluding carboxylic acids is 1. The van der Waals surface area contributed by atoms with Gasteiger partial charge in [-0.3, -0.25) is 4.79 Å². The third kappa shape index (κ3) is 3.75. The van der Waals surface area contributed by atoms with E-state index >= 15 is 0 Å². The molecule has 2 bridgehead atoms. The number of carbonyl (C=O) groups is 1. The molecule has 28 heavy (non-hydrogen) atoms. The second kappa shape index (κ2) is 7.07. The van der Waals surface area contributed by atoms with Crippen LogP contribution in [-0.4, -0.2) is 34.8 Å². The van der Waals surface area contributed by atoms with Crippen LogP contribution in [0.5, 0.6) is 5.75 Å². The van der Waals surface area contributed by atoms with Gasteiger partial charge in [0.15, 0.2) is 5.13 Å². The number of esters is 1. The number of rotatable bonds is 3. The molecular formula is C22H28N2O3S. The molecule has 1 saturated carbocycles. The molecule has 5 nitrogen and oxygen atoms in total. The zero-order chi connectivity index (χ0) is 20.1. The highest BCUT2D eigenvalue weighted by molar-refractivity contribution is 7.14. The predicted molar refractivity (Wildman–Crippen MR) is 112 cm³/mol. The van der Waals surface area contributed by atoms with Crippen LogP contribution in [-0.2, 0) is 9.53 Å². The van der Waals surface area contributed by atoms with Gasteiger partial charge in [0.2, 0.25) is 0 Å². The van der Waals surface area contributed by atoms with E-state index in [1.165, 1.54) is 0 Å². The lowest BCUT2D eigenvalue weighted by Gasteiger charge is -2.37. The Labute approximate surface area is 170 Å². The molecule has 1 N–H and O–H groups in total. The Kier molecular flexibility index (Phi) is 4.86. The Morgan fingerprint density at radius 1 is 1.25 bits per heavy atom. The van der Waals surface area contributed by atoms with Crippen LogP contribution in [0.25, 0.3) is 11.3 Å². The molecule has 2 unspecified atom stereocenters. The summed E-state index contributed by atoms with van der Waals surface area (Å²) in [5.41, 5.74) is 2.24. The SMILES string of the molecule is Cc1ccc(O)c(-c2csc(N3CC4CCC(C3)C4C(=O)OC(C)(C)C)n2)c1. The molecule has 0 spiro atoms. The summed E-state index contributed by atoms with van der Waals surface area (Å²) in [6.45, 7) is 9.48. The van der Waals surface area contributed by atoms with E-state index < -0.39 is 5.60 Å². The van der Waals surface area contributed by atoms with Crippen LogP contribution in [0.3, 0.4) is 0 Å². The normalized spacial score (nSPS) is 24.4. The molecule has 0 amide bonds. The number of piperidine rings is 1. The number of hydrogen-bond acceptors (Lipinski definition) is 6. The van der Waals surface area contributed by atoms with Crippen molar-refractivity contribution in [1.29, 1.82) is 0 Å². The lowest BCUT2D eigenvalue weighted by atomic mass is 9.85. The summed E-state index contributed by atoms with van der Waals surface area (Å²) < 4.78 is 5.69. The molecule has 4 rings (SSSR count). The Morgan fingerprint density at radius 2 is 1.93 bits per heavy atom. The maximum Gasteiger partial charge on any atom is 0.310 e. The van der Waals surface area contributed by atoms with Gasteiger partial charge in [-0.15, -0.1) is 11.3 Å². The predicted octanol–water partition coefficient (Wildman–Crippen LogP) is 4.63. The van der Waals surface area contributed by atoms with E-state index in [-0.39, 0.29) is 17.6 Å². The molecule has 6 heteroatoms. The molecule has 150 valence electrons. The number of phenols is 1.